The number of nitrogens with zero attached hydrogens (tertiary/aromatic N) is 2. The van der Waals surface area contributed by atoms with Crippen LogP contribution in [0.15, 0.2) is 35.4 Å². The van der Waals surface area contributed by atoms with Crippen molar-refractivity contribution in [3.05, 3.63) is 41.8 Å². The van der Waals surface area contributed by atoms with Crippen LogP contribution >= 0.6 is 0 Å². The number of benzene rings is 1. The molecule has 20 heavy (non-hydrogen) atoms. The van der Waals surface area contributed by atoms with Gasteiger partial charge in [0.2, 0.25) is 0 Å². The molecule has 7 nitrogen and oxygen atoms in total. The Hall–Kier alpha value is -2.42. The minimum Gasteiger partial charge on any atom is -0.478 e. The molecule has 0 bridgehead atoms. The third-order valence-electron chi connectivity index (χ3n) is 2.53. The minimum atomic E-state index is -4.16. The quantitative estimate of drug-likeness (QED) is 0.879. The summed E-state index contributed by atoms with van der Waals surface area (Å²) in [6.45, 7) is 0. The number of halogens is 1. The number of hydrogen-bond acceptors (Lipinski definition) is 4. The zero-order valence-corrected chi connectivity index (χ0v) is 11.1. The summed E-state index contributed by atoms with van der Waals surface area (Å²) in [6.07, 6.45) is 1.38. The van der Waals surface area contributed by atoms with Crippen LogP contribution in [0.2, 0.25) is 0 Å². The van der Waals surface area contributed by atoms with Gasteiger partial charge >= 0.3 is 5.97 Å². The summed E-state index contributed by atoms with van der Waals surface area (Å²) < 4.78 is 41.2. The van der Waals surface area contributed by atoms with E-state index in [-0.39, 0.29) is 11.4 Å². The van der Waals surface area contributed by atoms with Crippen LogP contribution < -0.4 is 4.72 Å². The molecule has 0 unspecified atom stereocenters. The van der Waals surface area contributed by atoms with E-state index in [0.717, 1.165) is 12.1 Å². The van der Waals surface area contributed by atoms with Gasteiger partial charge in [0.15, 0.2) is 0 Å². The Bertz CT molecular complexity index is 770. The molecule has 2 N–H and O–H groups in total. The number of sulfonamides is 1. The summed E-state index contributed by atoms with van der Waals surface area (Å²) in [7, 11) is -2.64. The van der Waals surface area contributed by atoms with Crippen LogP contribution in [0.1, 0.15) is 10.4 Å². The maximum Gasteiger partial charge on any atom is 0.335 e. The minimum absolute atomic E-state index is 0.159. The summed E-state index contributed by atoms with van der Waals surface area (Å²) in [4.78, 5) is 10.0. The first-order valence-electron chi connectivity index (χ1n) is 5.35. The molecule has 1 aromatic carbocycles. The van der Waals surface area contributed by atoms with Crippen LogP contribution in [0.3, 0.4) is 0 Å². The van der Waals surface area contributed by atoms with Crippen molar-refractivity contribution in [3.63, 3.8) is 0 Å². The highest BCUT2D eigenvalue weighted by Crippen LogP contribution is 2.19. The van der Waals surface area contributed by atoms with Crippen molar-refractivity contribution in [1.82, 2.24) is 9.78 Å². The van der Waals surface area contributed by atoms with Gasteiger partial charge in [-0.15, -0.1) is 0 Å². The van der Waals surface area contributed by atoms with Crippen molar-refractivity contribution < 1.29 is 22.7 Å². The molecule has 0 atom stereocenters. The number of nitrogens with one attached hydrogen (secondary N) is 1. The number of rotatable bonds is 4. The number of anilines is 1. The lowest BCUT2D eigenvalue weighted by Gasteiger charge is -2.09. The van der Waals surface area contributed by atoms with Gasteiger partial charge in [0, 0.05) is 13.1 Å². The normalized spacial score (nSPS) is 11.3. The maximum absolute atomic E-state index is 13.7. The van der Waals surface area contributed by atoms with E-state index in [2.05, 4.69) is 9.82 Å². The van der Waals surface area contributed by atoms with E-state index in [4.69, 9.17) is 5.11 Å². The Morgan fingerprint density at radius 1 is 1.40 bits per heavy atom. The number of carbonyl (C=O) groups is 1. The Morgan fingerprint density at radius 2 is 2.10 bits per heavy atom. The highest BCUT2D eigenvalue weighted by molar-refractivity contribution is 7.92. The standard InChI is InChI=1S/C11H10FN3O4S/c1-15-10(4-5-13-15)14-20(18,19)9-3-2-7(11(16)17)6-8(9)12/h2-6,14H,1H3,(H,16,17). The lowest BCUT2D eigenvalue weighted by atomic mass is 10.2. The fourth-order valence-corrected chi connectivity index (χ4v) is 2.67. The highest BCUT2D eigenvalue weighted by atomic mass is 32.2. The zero-order valence-electron chi connectivity index (χ0n) is 10.2. The molecule has 106 valence electrons. The van der Waals surface area contributed by atoms with Crippen LogP contribution in [0.4, 0.5) is 10.2 Å². The van der Waals surface area contributed by atoms with E-state index >= 15 is 0 Å². The topological polar surface area (TPSA) is 101 Å². The van der Waals surface area contributed by atoms with Crippen LogP contribution in [0, 0.1) is 5.82 Å². The SMILES string of the molecule is Cn1nccc1NS(=O)(=O)c1ccc(C(=O)O)cc1F. The fourth-order valence-electron chi connectivity index (χ4n) is 1.52. The number of aromatic carboxylic acids is 1. The highest BCUT2D eigenvalue weighted by Gasteiger charge is 2.21. The third-order valence-corrected chi connectivity index (χ3v) is 3.92. The van der Waals surface area contributed by atoms with Crippen molar-refractivity contribution in [2.75, 3.05) is 4.72 Å². The Kier molecular flexibility index (Phi) is 3.45. The number of aromatic nitrogens is 2. The monoisotopic (exact) mass is 299 g/mol. The van der Waals surface area contributed by atoms with Gasteiger partial charge in [0.1, 0.15) is 16.5 Å². The molecule has 0 spiro atoms. The predicted octanol–water partition coefficient (Wildman–Crippen LogP) is 1.06. The van der Waals surface area contributed by atoms with Crippen molar-refractivity contribution >= 4 is 21.8 Å². The van der Waals surface area contributed by atoms with Crippen molar-refractivity contribution in [3.8, 4) is 0 Å². The second kappa shape index (κ2) is 4.93. The van der Waals surface area contributed by atoms with Gasteiger partial charge in [-0.25, -0.2) is 17.6 Å². The summed E-state index contributed by atoms with van der Waals surface area (Å²) in [6, 6.07) is 3.97. The molecule has 0 aliphatic heterocycles. The Balaban J connectivity index is 2.40. The fraction of sp³-hybridized carbons (Fsp3) is 0.0909. The van der Waals surface area contributed by atoms with E-state index < -0.39 is 26.7 Å². The maximum atomic E-state index is 13.7. The van der Waals surface area contributed by atoms with Gasteiger partial charge in [-0.05, 0) is 18.2 Å². The molecular formula is C11H10FN3O4S. The molecule has 1 heterocycles. The van der Waals surface area contributed by atoms with E-state index in [1.54, 1.807) is 0 Å². The molecule has 0 radical (unpaired) electrons. The van der Waals surface area contributed by atoms with Crippen LogP contribution in [-0.2, 0) is 17.1 Å². The molecule has 0 saturated carbocycles. The Labute approximate surface area is 113 Å². The van der Waals surface area contributed by atoms with Gasteiger partial charge in [0.05, 0.1) is 11.8 Å². The molecule has 0 aliphatic carbocycles. The molecule has 0 fully saturated rings. The summed E-state index contributed by atoms with van der Waals surface area (Å²) in [5.41, 5.74) is -0.331. The van der Waals surface area contributed by atoms with Crippen molar-refractivity contribution in [2.24, 2.45) is 7.05 Å². The molecule has 0 aliphatic rings. The first-order valence-corrected chi connectivity index (χ1v) is 6.83. The van der Waals surface area contributed by atoms with Gasteiger partial charge in [-0.1, -0.05) is 0 Å². The van der Waals surface area contributed by atoms with Gasteiger partial charge < -0.3 is 5.11 Å². The van der Waals surface area contributed by atoms with Gasteiger partial charge in [0.25, 0.3) is 10.0 Å². The summed E-state index contributed by atoms with van der Waals surface area (Å²) in [5.74, 6) is -2.32. The number of carboxylic acid groups (broad SMARTS) is 1. The summed E-state index contributed by atoms with van der Waals surface area (Å²) >= 11 is 0. The molecule has 0 saturated heterocycles. The molecule has 2 rings (SSSR count). The molecular weight excluding hydrogens is 289 g/mol. The van der Waals surface area contributed by atoms with Gasteiger partial charge in [-0.3, -0.25) is 9.40 Å². The first-order chi connectivity index (χ1) is 9.31. The van der Waals surface area contributed by atoms with Crippen molar-refractivity contribution in [2.45, 2.75) is 4.90 Å². The van der Waals surface area contributed by atoms with Crippen LogP contribution in [-0.4, -0.2) is 29.3 Å². The van der Waals surface area contributed by atoms with E-state index in [1.807, 2.05) is 0 Å². The number of hydrogen-bond donors (Lipinski definition) is 2. The third kappa shape index (κ3) is 2.62. The Morgan fingerprint density at radius 3 is 2.60 bits per heavy atom. The average Bonchev–Trinajstić information content (AvgIpc) is 2.73. The lowest BCUT2D eigenvalue weighted by molar-refractivity contribution is 0.0696. The van der Waals surface area contributed by atoms with E-state index in [1.165, 1.54) is 24.0 Å². The van der Waals surface area contributed by atoms with E-state index in [0.29, 0.717) is 6.07 Å². The lowest BCUT2D eigenvalue weighted by Crippen LogP contribution is -2.17. The van der Waals surface area contributed by atoms with E-state index in [9.17, 15) is 17.6 Å². The van der Waals surface area contributed by atoms with Gasteiger partial charge in [-0.2, -0.15) is 5.10 Å². The predicted molar refractivity (Wildman–Crippen MR) is 67.4 cm³/mol. The second-order valence-corrected chi connectivity index (χ2v) is 5.55. The molecule has 0 amide bonds. The summed E-state index contributed by atoms with van der Waals surface area (Å²) in [5, 5.41) is 12.5. The number of aryl methyl sites for hydroxylation is 1. The second-order valence-electron chi connectivity index (χ2n) is 3.90. The zero-order chi connectivity index (χ0) is 14.9. The van der Waals surface area contributed by atoms with Crippen LogP contribution in [0.25, 0.3) is 0 Å². The molecule has 1 aromatic heterocycles. The smallest absolute Gasteiger partial charge is 0.335 e. The molecule has 9 heteroatoms. The van der Waals surface area contributed by atoms with Crippen molar-refractivity contribution in [1.29, 1.82) is 0 Å². The molecule has 2 aromatic rings. The first kappa shape index (κ1) is 14.0. The largest absolute Gasteiger partial charge is 0.478 e. The van der Waals surface area contributed by atoms with Crippen LogP contribution in [0.5, 0.6) is 0 Å². The average molecular weight is 299 g/mol. The number of carboxylic acids is 1.